The SMILES string of the molecule is CCNC(C)CC(=O)NC1CCCS(=O)(=O)C1. The molecule has 1 fully saturated rings. The summed E-state index contributed by atoms with van der Waals surface area (Å²) in [6.07, 6.45) is 1.81. The Kier molecular flexibility index (Phi) is 5.39. The number of hydrogen-bond donors (Lipinski definition) is 2. The van der Waals surface area contributed by atoms with Crippen LogP contribution in [0.1, 0.15) is 33.1 Å². The van der Waals surface area contributed by atoms with Gasteiger partial charge in [0, 0.05) is 18.5 Å². The Bertz CT molecular complexity index is 354. The van der Waals surface area contributed by atoms with E-state index in [1.54, 1.807) is 0 Å². The number of sulfone groups is 1. The first-order valence-corrected chi connectivity index (χ1v) is 7.98. The van der Waals surface area contributed by atoms with E-state index in [9.17, 15) is 13.2 Å². The molecule has 0 aliphatic carbocycles. The fraction of sp³-hybridized carbons (Fsp3) is 0.909. The van der Waals surface area contributed by atoms with Gasteiger partial charge in [-0.1, -0.05) is 6.92 Å². The van der Waals surface area contributed by atoms with Crippen LogP contribution in [-0.2, 0) is 14.6 Å². The number of nitrogens with one attached hydrogen (secondary N) is 2. The molecule has 17 heavy (non-hydrogen) atoms. The molecular formula is C11H22N2O3S. The van der Waals surface area contributed by atoms with Crippen LogP contribution in [0.15, 0.2) is 0 Å². The van der Waals surface area contributed by atoms with E-state index in [0.29, 0.717) is 12.8 Å². The van der Waals surface area contributed by atoms with Gasteiger partial charge in [0.2, 0.25) is 5.91 Å². The normalized spacial score (nSPS) is 25.2. The first-order valence-electron chi connectivity index (χ1n) is 6.16. The molecule has 1 aliphatic rings. The summed E-state index contributed by atoms with van der Waals surface area (Å²) >= 11 is 0. The lowest BCUT2D eigenvalue weighted by Crippen LogP contribution is -2.44. The van der Waals surface area contributed by atoms with Crippen LogP contribution in [0.25, 0.3) is 0 Å². The summed E-state index contributed by atoms with van der Waals surface area (Å²) in [4.78, 5) is 11.7. The molecule has 100 valence electrons. The summed E-state index contributed by atoms with van der Waals surface area (Å²) < 4.78 is 22.8. The Morgan fingerprint density at radius 3 is 2.76 bits per heavy atom. The number of rotatable bonds is 5. The molecule has 1 saturated heterocycles. The summed E-state index contributed by atoms with van der Waals surface area (Å²) in [6.45, 7) is 4.76. The summed E-state index contributed by atoms with van der Waals surface area (Å²) in [5, 5.41) is 5.96. The van der Waals surface area contributed by atoms with Crippen molar-refractivity contribution in [3.05, 3.63) is 0 Å². The van der Waals surface area contributed by atoms with E-state index in [0.717, 1.165) is 13.0 Å². The zero-order valence-corrected chi connectivity index (χ0v) is 11.3. The summed E-state index contributed by atoms with van der Waals surface area (Å²) in [5.74, 6) is 0.280. The quantitative estimate of drug-likeness (QED) is 0.735. The molecule has 2 atom stereocenters. The van der Waals surface area contributed by atoms with Crippen molar-refractivity contribution in [3.63, 3.8) is 0 Å². The number of hydrogen-bond acceptors (Lipinski definition) is 4. The van der Waals surface area contributed by atoms with E-state index < -0.39 is 9.84 Å². The van der Waals surface area contributed by atoms with E-state index in [1.165, 1.54) is 0 Å². The maximum Gasteiger partial charge on any atom is 0.221 e. The second kappa shape index (κ2) is 6.35. The van der Waals surface area contributed by atoms with Gasteiger partial charge in [-0.3, -0.25) is 4.79 Å². The summed E-state index contributed by atoms with van der Waals surface area (Å²) in [6, 6.07) is -0.0738. The van der Waals surface area contributed by atoms with E-state index >= 15 is 0 Å². The van der Waals surface area contributed by atoms with Gasteiger partial charge < -0.3 is 10.6 Å². The van der Waals surface area contributed by atoms with Crippen LogP contribution in [0.4, 0.5) is 0 Å². The predicted molar refractivity (Wildman–Crippen MR) is 67.6 cm³/mol. The summed E-state index contributed by atoms with van der Waals surface area (Å²) in [7, 11) is -2.95. The topological polar surface area (TPSA) is 75.3 Å². The molecule has 1 aliphatic heterocycles. The first kappa shape index (κ1) is 14.4. The van der Waals surface area contributed by atoms with E-state index in [2.05, 4.69) is 10.6 Å². The van der Waals surface area contributed by atoms with Crippen LogP contribution in [0.3, 0.4) is 0 Å². The predicted octanol–water partition coefficient (Wildman–Crippen LogP) is 0.0679. The Hall–Kier alpha value is -0.620. The maximum atomic E-state index is 11.7. The Labute approximate surface area is 103 Å². The molecule has 2 N–H and O–H groups in total. The molecular weight excluding hydrogens is 240 g/mol. The molecule has 0 saturated carbocycles. The van der Waals surface area contributed by atoms with Crippen molar-refractivity contribution < 1.29 is 13.2 Å². The third-order valence-corrected chi connectivity index (χ3v) is 4.69. The van der Waals surface area contributed by atoms with Crippen LogP contribution in [0, 0.1) is 0 Å². The van der Waals surface area contributed by atoms with E-state index in [1.807, 2.05) is 13.8 Å². The number of carbonyl (C=O) groups is 1. The van der Waals surface area contributed by atoms with Crippen molar-refractivity contribution in [1.82, 2.24) is 10.6 Å². The molecule has 0 aromatic heterocycles. The van der Waals surface area contributed by atoms with Gasteiger partial charge in [0.05, 0.1) is 11.5 Å². The van der Waals surface area contributed by atoms with E-state index in [4.69, 9.17) is 0 Å². The minimum atomic E-state index is -2.95. The molecule has 1 amide bonds. The zero-order valence-electron chi connectivity index (χ0n) is 10.5. The molecule has 0 radical (unpaired) electrons. The molecule has 1 rings (SSSR count). The maximum absolute atomic E-state index is 11.7. The lowest BCUT2D eigenvalue weighted by atomic mass is 10.1. The third-order valence-electron chi connectivity index (χ3n) is 2.87. The minimum absolute atomic E-state index is 0.0689. The molecule has 5 nitrogen and oxygen atoms in total. The molecule has 6 heteroatoms. The van der Waals surface area contributed by atoms with Gasteiger partial charge in [-0.2, -0.15) is 0 Å². The summed E-state index contributed by atoms with van der Waals surface area (Å²) in [5.41, 5.74) is 0. The van der Waals surface area contributed by atoms with E-state index in [-0.39, 0.29) is 29.5 Å². The first-order chi connectivity index (χ1) is 7.93. The lowest BCUT2D eigenvalue weighted by molar-refractivity contribution is -0.122. The van der Waals surface area contributed by atoms with Crippen LogP contribution < -0.4 is 10.6 Å². The van der Waals surface area contributed by atoms with Gasteiger partial charge in [-0.05, 0) is 26.3 Å². The average Bonchev–Trinajstić information content (AvgIpc) is 2.15. The van der Waals surface area contributed by atoms with Crippen molar-refractivity contribution in [3.8, 4) is 0 Å². The molecule has 0 bridgehead atoms. The molecule has 1 heterocycles. The van der Waals surface area contributed by atoms with Gasteiger partial charge in [-0.25, -0.2) is 8.42 Å². The molecule has 2 unspecified atom stereocenters. The van der Waals surface area contributed by atoms with Crippen molar-refractivity contribution in [2.75, 3.05) is 18.1 Å². The highest BCUT2D eigenvalue weighted by atomic mass is 32.2. The fourth-order valence-corrected chi connectivity index (χ4v) is 3.76. The Morgan fingerprint density at radius 2 is 2.18 bits per heavy atom. The van der Waals surface area contributed by atoms with Crippen molar-refractivity contribution in [2.24, 2.45) is 0 Å². The monoisotopic (exact) mass is 262 g/mol. The number of carbonyl (C=O) groups excluding carboxylic acids is 1. The highest BCUT2D eigenvalue weighted by molar-refractivity contribution is 7.91. The molecule has 0 spiro atoms. The smallest absolute Gasteiger partial charge is 0.221 e. The molecule has 0 aromatic carbocycles. The second-order valence-corrected chi connectivity index (χ2v) is 6.91. The van der Waals surface area contributed by atoms with Crippen molar-refractivity contribution in [2.45, 2.75) is 45.2 Å². The standard InChI is InChI=1S/C11H22N2O3S/c1-3-12-9(2)7-11(14)13-10-5-4-6-17(15,16)8-10/h9-10,12H,3-8H2,1-2H3,(H,13,14). The fourth-order valence-electron chi connectivity index (χ4n) is 2.12. The van der Waals surface area contributed by atoms with Gasteiger partial charge >= 0.3 is 0 Å². The van der Waals surface area contributed by atoms with Gasteiger partial charge in [0.25, 0.3) is 0 Å². The van der Waals surface area contributed by atoms with Crippen LogP contribution in [0.5, 0.6) is 0 Å². The highest BCUT2D eigenvalue weighted by Crippen LogP contribution is 2.12. The van der Waals surface area contributed by atoms with Crippen molar-refractivity contribution in [1.29, 1.82) is 0 Å². The zero-order chi connectivity index (χ0) is 12.9. The molecule has 0 aromatic rings. The minimum Gasteiger partial charge on any atom is -0.352 e. The third kappa shape index (κ3) is 5.50. The van der Waals surface area contributed by atoms with Crippen LogP contribution >= 0.6 is 0 Å². The number of amides is 1. The second-order valence-electron chi connectivity index (χ2n) is 4.68. The van der Waals surface area contributed by atoms with Crippen LogP contribution in [0.2, 0.25) is 0 Å². The highest BCUT2D eigenvalue weighted by Gasteiger charge is 2.25. The Balaban J connectivity index is 2.36. The van der Waals surface area contributed by atoms with Crippen molar-refractivity contribution >= 4 is 15.7 Å². The Morgan fingerprint density at radius 1 is 1.47 bits per heavy atom. The van der Waals surface area contributed by atoms with Gasteiger partial charge in [-0.15, -0.1) is 0 Å². The van der Waals surface area contributed by atoms with Gasteiger partial charge in [0.1, 0.15) is 0 Å². The van der Waals surface area contributed by atoms with Crippen LogP contribution in [-0.4, -0.2) is 44.5 Å². The van der Waals surface area contributed by atoms with Gasteiger partial charge in [0.15, 0.2) is 9.84 Å². The average molecular weight is 262 g/mol. The largest absolute Gasteiger partial charge is 0.352 e. The lowest BCUT2D eigenvalue weighted by Gasteiger charge is -2.23.